The molecule has 2 amide bonds. The number of halogens is 4. The van der Waals surface area contributed by atoms with Crippen LogP contribution in [0.4, 0.5) is 19.0 Å². The third-order valence-electron chi connectivity index (χ3n) is 2.99. The van der Waals surface area contributed by atoms with Gasteiger partial charge in [0.15, 0.2) is 0 Å². The summed E-state index contributed by atoms with van der Waals surface area (Å²) >= 11 is 2.72. The van der Waals surface area contributed by atoms with Crippen molar-refractivity contribution >= 4 is 33.6 Å². The Hall–Kier alpha value is -1.90. The maximum Gasteiger partial charge on any atom is 0.419 e. The molecular weight excluding hydrogens is 355 g/mol. The van der Waals surface area contributed by atoms with Crippen molar-refractivity contribution in [3.8, 4) is 0 Å². The number of pyridine rings is 1. The van der Waals surface area contributed by atoms with Crippen LogP contribution in [0.2, 0.25) is 0 Å². The van der Waals surface area contributed by atoms with Crippen LogP contribution in [0, 0.1) is 0 Å². The Kier molecular flexibility index (Phi) is 3.79. The fraction of sp³-hybridized carbons (Fsp3) is 0.250. The molecule has 0 saturated carbocycles. The molecule has 0 aromatic carbocycles. The predicted octanol–water partition coefficient (Wildman–Crippen LogP) is 2.90. The molecule has 1 aromatic heterocycles. The van der Waals surface area contributed by atoms with E-state index in [-0.39, 0.29) is 17.0 Å². The minimum Gasteiger partial charge on any atom is -0.271 e. The summed E-state index contributed by atoms with van der Waals surface area (Å²) in [6.45, 7) is 2.99. The highest BCUT2D eigenvalue weighted by Crippen LogP contribution is 2.34. The van der Waals surface area contributed by atoms with E-state index in [9.17, 15) is 22.8 Å². The Balaban J connectivity index is 2.25. The van der Waals surface area contributed by atoms with Gasteiger partial charge in [-0.3, -0.25) is 15.0 Å². The zero-order chi connectivity index (χ0) is 15.9. The second-order valence-corrected chi connectivity index (χ2v) is 5.09. The van der Waals surface area contributed by atoms with Crippen LogP contribution in [-0.2, 0) is 15.8 Å². The number of amides is 2. The van der Waals surface area contributed by atoms with Crippen molar-refractivity contribution in [2.24, 2.45) is 0 Å². The van der Waals surface area contributed by atoms with Crippen LogP contribution in [0.5, 0.6) is 0 Å². The Morgan fingerprint density at radius 3 is 2.10 bits per heavy atom. The van der Waals surface area contributed by atoms with Gasteiger partial charge in [-0.2, -0.15) is 18.2 Å². The predicted molar refractivity (Wildman–Crippen MR) is 70.8 cm³/mol. The van der Waals surface area contributed by atoms with E-state index < -0.39 is 28.2 Å². The largest absolute Gasteiger partial charge is 0.419 e. The van der Waals surface area contributed by atoms with Crippen molar-refractivity contribution in [1.82, 2.24) is 9.99 Å². The number of nitrogens with one attached hydrogen (secondary N) is 1. The first-order chi connectivity index (χ1) is 9.62. The summed E-state index contributed by atoms with van der Waals surface area (Å²) in [5.41, 5.74) is 2.01. The number of nitrogens with zero attached hydrogens (tertiary/aromatic N) is 2. The summed E-state index contributed by atoms with van der Waals surface area (Å²) in [6.07, 6.45) is -4.54. The molecule has 2 rings (SSSR count). The normalized spacial score (nSPS) is 16.0. The van der Waals surface area contributed by atoms with Gasteiger partial charge >= 0.3 is 6.18 Å². The number of hydrazine groups is 1. The molecule has 21 heavy (non-hydrogen) atoms. The standard InChI is InChI=1S/C12H9BrF3N3O2/c1-5-6(2)11(21)19(10(5)20)18-8-4-3-7(9(13)17-8)12(14,15)16/h3-4H,1-2H3,(H,17,18). The number of aromatic nitrogens is 1. The molecule has 112 valence electrons. The fourth-order valence-electron chi connectivity index (χ4n) is 1.67. The van der Waals surface area contributed by atoms with E-state index in [4.69, 9.17) is 0 Å². The van der Waals surface area contributed by atoms with E-state index in [1.165, 1.54) is 13.8 Å². The molecule has 0 radical (unpaired) electrons. The van der Waals surface area contributed by atoms with Crippen molar-refractivity contribution in [3.05, 3.63) is 33.4 Å². The van der Waals surface area contributed by atoms with Crippen LogP contribution in [0.1, 0.15) is 19.4 Å². The summed E-state index contributed by atoms with van der Waals surface area (Å²) < 4.78 is 37.4. The van der Waals surface area contributed by atoms with Crippen LogP contribution in [0.25, 0.3) is 0 Å². The Morgan fingerprint density at radius 1 is 1.14 bits per heavy atom. The van der Waals surface area contributed by atoms with Crippen LogP contribution < -0.4 is 5.43 Å². The van der Waals surface area contributed by atoms with Crippen LogP contribution >= 0.6 is 15.9 Å². The SMILES string of the molecule is CC1=C(C)C(=O)N(Nc2ccc(C(F)(F)F)c(Br)n2)C1=O. The van der Waals surface area contributed by atoms with E-state index in [0.29, 0.717) is 5.01 Å². The minimum atomic E-state index is -4.54. The molecule has 0 aliphatic carbocycles. The molecule has 2 heterocycles. The van der Waals surface area contributed by atoms with E-state index in [1.54, 1.807) is 0 Å². The monoisotopic (exact) mass is 363 g/mol. The third-order valence-corrected chi connectivity index (χ3v) is 3.60. The first kappa shape index (κ1) is 15.5. The van der Waals surface area contributed by atoms with Crippen molar-refractivity contribution in [2.45, 2.75) is 20.0 Å². The Morgan fingerprint density at radius 2 is 1.67 bits per heavy atom. The van der Waals surface area contributed by atoms with Crippen LogP contribution in [-0.4, -0.2) is 21.8 Å². The highest BCUT2D eigenvalue weighted by Gasteiger charge is 2.36. The lowest BCUT2D eigenvalue weighted by Crippen LogP contribution is -2.37. The highest BCUT2D eigenvalue weighted by atomic mass is 79.9. The first-order valence-corrected chi connectivity index (χ1v) is 6.49. The fourth-order valence-corrected chi connectivity index (χ4v) is 2.22. The topological polar surface area (TPSA) is 62.3 Å². The van der Waals surface area contributed by atoms with Gasteiger partial charge in [0, 0.05) is 11.1 Å². The summed E-state index contributed by atoms with van der Waals surface area (Å²) in [4.78, 5) is 27.3. The Labute approximate surface area is 125 Å². The number of carbonyl (C=O) groups excluding carboxylic acids is 2. The van der Waals surface area contributed by atoms with Gasteiger partial charge in [-0.15, -0.1) is 0 Å². The third kappa shape index (κ3) is 2.78. The molecule has 0 bridgehead atoms. The number of hydrogen-bond donors (Lipinski definition) is 1. The average Bonchev–Trinajstić information content (AvgIpc) is 2.55. The molecule has 1 aliphatic rings. The molecule has 9 heteroatoms. The molecule has 0 spiro atoms. The number of anilines is 1. The lowest BCUT2D eigenvalue weighted by molar-refractivity contribution is -0.139. The molecule has 5 nitrogen and oxygen atoms in total. The van der Waals surface area contributed by atoms with Gasteiger partial charge in [0.2, 0.25) is 0 Å². The summed E-state index contributed by atoms with van der Waals surface area (Å²) in [5, 5.41) is 0.715. The number of imide groups is 1. The van der Waals surface area contributed by atoms with Gasteiger partial charge < -0.3 is 0 Å². The smallest absolute Gasteiger partial charge is 0.271 e. The van der Waals surface area contributed by atoms with E-state index in [0.717, 1.165) is 12.1 Å². The molecule has 0 atom stereocenters. The quantitative estimate of drug-likeness (QED) is 0.648. The lowest BCUT2D eigenvalue weighted by Gasteiger charge is -2.17. The van der Waals surface area contributed by atoms with Crippen LogP contribution in [0.3, 0.4) is 0 Å². The molecule has 1 aliphatic heterocycles. The van der Waals surface area contributed by atoms with Crippen molar-refractivity contribution < 1.29 is 22.8 Å². The number of hydrogen-bond acceptors (Lipinski definition) is 4. The Bertz CT molecular complexity index is 646. The highest BCUT2D eigenvalue weighted by molar-refractivity contribution is 9.10. The number of alkyl halides is 3. The maximum atomic E-state index is 12.6. The number of rotatable bonds is 2. The van der Waals surface area contributed by atoms with E-state index >= 15 is 0 Å². The lowest BCUT2D eigenvalue weighted by atomic mass is 10.2. The molecule has 0 fully saturated rings. The van der Waals surface area contributed by atoms with Crippen LogP contribution in [0.15, 0.2) is 27.9 Å². The molecule has 0 unspecified atom stereocenters. The van der Waals surface area contributed by atoms with Crippen molar-refractivity contribution in [2.75, 3.05) is 5.43 Å². The van der Waals surface area contributed by atoms with Gasteiger partial charge in [0.25, 0.3) is 11.8 Å². The van der Waals surface area contributed by atoms with Gasteiger partial charge in [-0.25, -0.2) is 4.98 Å². The molecule has 0 saturated heterocycles. The molecule has 1 aromatic rings. The first-order valence-electron chi connectivity index (χ1n) is 5.69. The maximum absolute atomic E-state index is 12.6. The van der Waals surface area contributed by atoms with Gasteiger partial charge in [-0.1, -0.05) is 0 Å². The van der Waals surface area contributed by atoms with E-state index in [2.05, 4.69) is 26.3 Å². The van der Waals surface area contributed by atoms with Crippen molar-refractivity contribution in [3.63, 3.8) is 0 Å². The van der Waals surface area contributed by atoms with Gasteiger partial charge in [0.05, 0.1) is 5.56 Å². The molecule has 1 N–H and O–H groups in total. The van der Waals surface area contributed by atoms with Gasteiger partial charge in [-0.05, 0) is 41.9 Å². The second kappa shape index (κ2) is 5.14. The summed E-state index contributed by atoms with van der Waals surface area (Å²) in [6, 6.07) is 1.84. The second-order valence-electron chi connectivity index (χ2n) is 4.34. The summed E-state index contributed by atoms with van der Waals surface area (Å²) in [7, 11) is 0. The van der Waals surface area contributed by atoms with E-state index in [1.807, 2.05) is 0 Å². The zero-order valence-corrected chi connectivity index (χ0v) is 12.5. The number of carbonyl (C=O) groups is 2. The van der Waals surface area contributed by atoms with Crippen molar-refractivity contribution in [1.29, 1.82) is 0 Å². The zero-order valence-electron chi connectivity index (χ0n) is 10.9. The minimum absolute atomic E-state index is 0.0564. The average molecular weight is 364 g/mol. The summed E-state index contributed by atoms with van der Waals surface area (Å²) in [5.74, 6) is -1.18. The molecular formula is C12H9BrF3N3O2. The van der Waals surface area contributed by atoms with Gasteiger partial charge in [0.1, 0.15) is 10.4 Å².